The van der Waals surface area contributed by atoms with Crippen LogP contribution in [0.25, 0.3) is 0 Å². The largest absolute Gasteiger partial charge is 0.480 e. The van der Waals surface area contributed by atoms with Crippen molar-refractivity contribution in [1.29, 1.82) is 0 Å². The van der Waals surface area contributed by atoms with Crippen molar-refractivity contribution in [3.8, 4) is 5.75 Å². The molecular formula is C26H34N2O3. The van der Waals surface area contributed by atoms with Crippen molar-refractivity contribution in [1.82, 2.24) is 4.90 Å². The predicted octanol–water partition coefficient (Wildman–Crippen LogP) is 5.62. The number of carbonyl (C=O) groups excluding carboxylic acids is 2. The van der Waals surface area contributed by atoms with Gasteiger partial charge in [-0.25, -0.2) is 0 Å². The standard InChI is InChI=1S/C26H34N2O3/c1-4-19(3)20-13-8-10-16-24(20)31-23(5-2)25(29)27-22-15-9-7-14-21(22)26(30)28-17-11-6-12-18-28/h7-10,13-16,19,23H,4-6,11-12,17-18H2,1-3H3,(H,27,29). The van der Waals surface area contributed by atoms with Gasteiger partial charge in [0.05, 0.1) is 11.3 Å². The second kappa shape index (κ2) is 11.0. The van der Waals surface area contributed by atoms with E-state index in [4.69, 9.17) is 4.74 Å². The first-order valence-corrected chi connectivity index (χ1v) is 11.5. The summed E-state index contributed by atoms with van der Waals surface area (Å²) in [4.78, 5) is 28.0. The van der Waals surface area contributed by atoms with Crippen LogP contribution in [0, 0.1) is 0 Å². The maximum absolute atomic E-state index is 13.1. The molecule has 2 aromatic carbocycles. The van der Waals surface area contributed by atoms with E-state index in [1.54, 1.807) is 12.1 Å². The van der Waals surface area contributed by atoms with Crippen LogP contribution in [0.4, 0.5) is 5.69 Å². The molecule has 2 amide bonds. The number of nitrogens with zero attached hydrogens (tertiary/aromatic N) is 1. The first-order valence-electron chi connectivity index (χ1n) is 11.5. The smallest absolute Gasteiger partial charge is 0.265 e. The second-order valence-corrected chi connectivity index (χ2v) is 8.25. The molecule has 0 aliphatic carbocycles. The fourth-order valence-corrected chi connectivity index (χ4v) is 3.95. The summed E-state index contributed by atoms with van der Waals surface area (Å²) < 4.78 is 6.16. The molecule has 1 saturated heterocycles. The molecular weight excluding hydrogens is 388 g/mol. The third kappa shape index (κ3) is 5.66. The Balaban J connectivity index is 1.76. The molecule has 0 spiro atoms. The molecule has 5 heteroatoms. The zero-order chi connectivity index (χ0) is 22.2. The number of amides is 2. The second-order valence-electron chi connectivity index (χ2n) is 8.25. The molecule has 31 heavy (non-hydrogen) atoms. The molecule has 166 valence electrons. The van der Waals surface area contributed by atoms with E-state index in [9.17, 15) is 9.59 Å². The van der Waals surface area contributed by atoms with Gasteiger partial charge in [0.25, 0.3) is 11.8 Å². The Labute approximate surface area is 185 Å². The van der Waals surface area contributed by atoms with E-state index >= 15 is 0 Å². The summed E-state index contributed by atoms with van der Waals surface area (Å²) in [6.45, 7) is 7.77. The van der Waals surface area contributed by atoms with Crippen molar-refractivity contribution in [2.75, 3.05) is 18.4 Å². The lowest BCUT2D eigenvalue weighted by Crippen LogP contribution is -2.37. The molecule has 0 bridgehead atoms. The maximum atomic E-state index is 13.1. The van der Waals surface area contributed by atoms with Crippen LogP contribution < -0.4 is 10.1 Å². The van der Waals surface area contributed by atoms with Crippen LogP contribution in [0.3, 0.4) is 0 Å². The molecule has 0 aromatic heterocycles. The Morgan fingerprint density at radius 1 is 0.968 bits per heavy atom. The van der Waals surface area contributed by atoms with Crippen molar-refractivity contribution in [2.24, 2.45) is 0 Å². The Bertz CT molecular complexity index is 890. The first-order chi connectivity index (χ1) is 15.0. The minimum absolute atomic E-state index is 0.0216. The van der Waals surface area contributed by atoms with Gasteiger partial charge >= 0.3 is 0 Å². The van der Waals surface area contributed by atoms with Gasteiger partial charge in [-0.1, -0.05) is 51.1 Å². The number of para-hydroxylation sites is 2. The average molecular weight is 423 g/mol. The number of piperidine rings is 1. The van der Waals surface area contributed by atoms with Crippen molar-refractivity contribution >= 4 is 17.5 Å². The van der Waals surface area contributed by atoms with Crippen molar-refractivity contribution in [3.05, 3.63) is 59.7 Å². The lowest BCUT2D eigenvalue weighted by Gasteiger charge is -2.27. The van der Waals surface area contributed by atoms with Crippen LogP contribution in [0.2, 0.25) is 0 Å². The number of rotatable bonds is 8. The van der Waals surface area contributed by atoms with Crippen molar-refractivity contribution < 1.29 is 14.3 Å². The summed E-state index contributed by atoms with van der Waals surface area (Å²) >= 11 is 0. The summed E-state index contributed by atoms with van der Waals surface area (Å²) in [6, 6.07) is 15.1. The number of hydrogen-bond acceptors (Lipinski definition) is 3. The predicted molar refractivity (Wildman–Crippen MR) is 125 cm³/mol. The summed E-state index contributed by atoms with van der Waals surface area (Å²) in [5.74, 6) is 0.836. The minimum atomic E-state index is -0.636. The van der Waals surface area contributed by atoms with E-state index in [1.807, 2.05) is 42.2 Å². The average Bonchev–Trinajstić information content (AvgIpc) is 2.82. The van der Waals surface area contributed by atoms with Gasteiger partial charge in [-0.15, -0.1) is 0 Å². The Kier molecular flexibility index (Phi) is 8.10. The Hall–Kier alpha value is -2.82. The molecule has 5 nitrogen and oxygen atoms in total. The van der Waals surface area contributed by atoms with E-state index in [0.29, 0.717) is 23.6 Å². The molecule has 0 saturated carbocycles. The third-order valence-electron chi connectivity index (χ3n) is 6.05. The lowest BCUT2D eigenvalue weighted by molar-refractivity contribution is -0.122. The van der Waals surface area contributed by atoms with Gasteiger partial charge in [0, 0.05) is 13.1 Å². The number of nitrogens with one attached hydrogen (secondary N) is 1. The van der Waals surface area contributed by atoms with Crippen LogP contribution in [0.1, 0.15) is 74.7 Å². The van der Waals surface area contributed by atoms with Crippen LogP contribution in [-0.2, 0) is 4.79 Å². The minimum Gasteiger partial charge on any atom is -0.480 e. The van der Waals surface area contributed by atoms with Gasteiger partial charge in [-0.2, -0.15) is 0 Å². The monoisotopic (exact) mass is 422 g/mol. The highest BCUT2D eigenvalue weighted by Gasteiger charge is 2.25. The van der Waals surface area contributed by atoms with Crippen molar-refractivity contribution in [3.63, 3.8) is 0 Å². The quantitative estimate of drug-likeness (QED) is 0.600. The molecule has 1 N–H and O–H groups in total. The molecule has 1 aliphatic rings. The zero-order valence-electron chi connectivity index (χ0n) is 18.9. The van der Waals surface area contributed by atoms with Gasteiger partial charge in [-0.05, 0) is 61.8 Å². The first kappa shape index (κ1) is 22.9. The number of anilines is 1. The highest BCUT2D eigenvalue weighted by Crippen LogP contribution is 2.30. The Morgan fingerprint density at radius 2 is 1.65 bits per heavy atom. The summed E-state index contributed by atoms with van der Waals surface area (Å²) in [5, 5.41) is 2.95. The number of ether oxygens (including phenoxy) is 1. The van der Waals surface area contributed by atoms with Crippen LogP contribution in [0.15, 0.2) is 48.5 Å². The van der Waals surface area contributed by atoms with Gasteiger partial charge in [0.15, 0.2) is 6.10 Å². The van der Waals surface area contributed by atoms with Gasteiger partial charge in [-0.3, -0.25) is 9.59 Å². The van der Waals surface area contributed by atoms with E-state index in [0.717, 1.165) is 50.1 Å². The number of likely N-dealkylation sites (tertiary alicyclic amines) is 1. The van der Waals surface area contributed by atoms with Crippen molar-refractivity contribution in [2.45, 2.75) is 64.9 Å². The topological polar surface area (TPSA) is 58.6 Å². The molecule has 2 unspecified atom stereocenters. The highest BCUT2D eigenvalue weighted by molar-refractivity contribution is 6.04. The lowest BCUT2D eigenvalue weighted by atomic mass is 9.98. The molecule has 2 aromatic rings. The normalized spacial score (nSPS) is 15.8. The molecule has 0 radical (unpaired) electrons. The fourth-order valence-electron chi connectivity index (χ4n) is 3.95. The number of benzene rings is 2. The van der Waals surface area contributed by atoms with E-state index in [1.165, 1.54) is 0 Å². The third-order valence-corrected chi connectivity index (χ3v) is 6.05. The Morgan fingerprint density at radius 3 is 2.35 bits per heavy atom. The van der Waals surface area contributed by atoms with Crippen LogP contribution in [-0.4, -0.2) is 35.9 Å². The number of hydrogen-bond donors (Lipinski definition) is 1. The van der Waals surface area contributed by atoms with Crippen LogP contribution in [0.5, 0.6) is 5.75 Å². The molecule has 1 aliphatic heterocycles. The SMILES string of the molecule is CCC(Oc1ccccc1C(C)CC)C(=O)Nc1ccccc1C(=O)N1CCCCC1. The fraction of sp³-hybridized carbons (Fsp3) is 0.462. The van der Waals surface area contributed by atoms with E-state index in [-0.39, 0.29) is 11.8 Å². The molecule has 2 atom stereocenters. The van der Waals surface area contributed by atoms with Gasteiger partial charge < -0.3 is 15.0 Å². The molecule has 1 heterocycles. The summed E-state index contributed by atoms with van der Waals surface area (Å²) in [6.07, 6.45) is 4.11. The van der Waals surface area contributed by atoms with E-state index in [2.05, 4.69) is 25.2 Å². The summed E-state index contributed by atoms with van der Waals surface area (Å²) in [5.41, 5.74) is 2.19. The molecule has 3 rings (SSSR count). The van der Waals surface area contributed by atoms with Crippen LogP contribution >= 0.6 is 0 Å². The maximum Gasteiger partial charge on any atom is 0.265 e. The van der Waals surface area contributed by atoms with Gasteiger partial charge in [0.2, 0.25) is 0 Å². The molecule has 1 fully saturated rings. The number of carbonyl (C=O) groups is 2. The van der Waals surface area contributed by atoms with E-state index < -0.39 is 6.10 Å². The van der Waals surface area contributed by atoms with Gasteiger partial charge in [0.1, 0.15) is 5.75 Å². The zero-order valence-corrected chi connectivity index (χ0v) is 18.9. The summed E-state index contributed by atoms with van der Waals surface area (Å²) in [7, 11) is 0. The highest BCUT2D eigenvalue weighted by atomic mass is 16.5.